The number of hydrogen-bond donors (Lipinski definition) is 0. The van der Waals surface area contributed by atoms with Crippen molar-refractivity contribution in [1.29, 1.82) is 0 Å². The van der Waals surface area contributed by atoms with Gasteiger partial charge in [-0.2, -0.15) is 0 Å². The molecule has 1 heterocycles. The monoisotopic (exact) mass is 350 g/mol. The molecular weight excluding hydrogens is 331 g/mol. The largest absolute Gasteiger partial charge is 0.511 e. The molecule has 0 N–H and O–H groups in total. The van der Waals surface area contributed by atoms with Crippen LogP contribution in [0.4, 0.5) is 9.18 Å². The SMILES string of the molecule is CC(F)COC(=O)OCOC(=O)c1cncn1[C@H](C)c1ccccc1. The Bertz CT molecular complexity index is 702. The lowest BCUT2D eigenvalue weighted by Gasteiger charge is -2.16. The zero-order valence-corrected chi connectivity index (χ0v) is 13.9. The van der Waals surface area contributed by atoms with Crippen LogP contribution in [0, 0.1) is 0 Å². The summed E-state index contributed by atoms with van der Waals surface area (Å²) in [4.78, 5) is 27.3. The van der Waals surface area contributed by atoms with Crippen LogP contribution in [0.3, 0.4) is 0 Å². The van der Waals surface area contributed by atoms with Crippen molar-refractivity contribution in [1.82, 2.24) is 9.55 Å². The molecule has 0 aliphatic rings. The van der Waals surface area contributed by atoms with E-state index in [2.05, 4.69) is 14.5 Å². The van der Waals surface area contributed by atoms with E-state index in [1.165, 1.54) is 19.4 Å². The minimum atomic E-state index is -1.30. The van der Waals surface area contributed by atoms with E-state index < -0.39 is 31.7 Å². The van der Waals surface area contributed by atoms with Crippen molar-refractivity contribution in [2.24, 2.45) is 0 Å². The Labute approximate surface area is 144 Å². The number of ether oxygens (including phenoxy) is 3. The smallest absolute Gasteiger partial charge is 0.431 e. The van der Waals surface area contributed by atoms with Crippen LogP contribution >= 0.6 is 0 Å². The fourth-order valence-corrected chi connectivity index (χ4v) is 2.09. The first-order chi connectivity index (χ1) is 12.0. The van der Waals surface area contributed by atoms with E-state index in [9.17, 15) is 14.0 Å². The molecule has 0 fully saturated rings. The number of alkyl halides is 1. The third-order valence-electron chi connectivity index (χ3n) is 3.37. The first-order valence-corrected chi connectivity index (χ1v) is 7.66. The molecule has 8 heteroatoms. The average Bonchev–Trinajstić information content (AvgIpc) is 3.09. The average molecular weight is 350 g/mol. The summed E-state index contributed by atoms with van der Waals surface area (Å²) in [6.45, 7) is 2.10. The summed E-state index contributed by atoms with van der Waals surface area (Å²) in [5, 5.41) is 0. The van der Waals surface area contributed by atoms with Crippen molar-refractivity contribution in [3.8, 4) is 0 Å². The maximum atomic E-state index is 12.5. The third-order valence-corrected chi connectivity index (χ3v) is 3.37. The van der Waals surface area contributed by atoms with Crippen molar-refractivity contribution >= 4 is 12.1 Å². The predicted molar refractivity (Wildman–Crippen MR) is 85.8 cm³/mol. The van der Waals surface area contributed by atoms with Gasteiger partial charge in [0.2, 0.25) is 6.79 Å². The van der Waals surface area contributed by atoms with E-state index in [-0.39, 0.29) is 11.7 Å². The molecule has 7 nitrogen and oxygen atoms in total. The molecule has 0 saturated heterocycles. The normalized spacial score (nSPS) is 12.9. The van der Waals surface area contributed by atoms with E-state index in [1.54, 1.807) is 4.57 Å². The Morgan fingerprint density at radius 1 is 1.16 bits per heavy atom. The van der Waals surface area contributed by atoms with Gasteiger partial charge < -0.3 is 18.8 Å². The molecule has 0 saturated carbocycles. The fraction of sp³-hybridized carbons (Fsp3) is 0.353. The van der Waals surface area contributed by atoms with Gasteiger partial charge in [-0.3, -0.25) is 0 Å². The number of rotatable bonds is 7. The van der Waals surface area contributed by atoms with Crippen LogP contribution in [-0.2, 0) is 14.2 Å². The van der Waals surface area contributed by atoms with E-state index in [0.29, 0.717) is 0 Å². The van der Waals surface area contributed by atoms with Crippen molar-refractivity contribution in [3.63, 3.8) is 0 Å². The molecule has 134 valence electrons. The standard InChI is InChI=1S/C17H19FN2O5/c1-12(18)9-23-17(22)25-11-24-16(21)15-8-19-10-20(15)13(2)14-6-4-3-5-7-14/h3-8,10,12-13H,9,11H2,1-2H3/t12?,13-/m1/s1. The Morgan fingerprint density at radius 2 is 1.88 bits per heavy atom. The minimum absolute atomic E-state index is 0.136. The summed E-state index contributed by atoms with van der Waals surface area (Å²) in [5.74, 6) is -0.702. The zero-order valence-electron chi connectivity index (χ0n) is 13.9. The summed E-state index contributed by atoms with van der Waals surface area (Å²) in [7, 11) is 0. The van der Waals surface area contributed by atoms with Crippen LogP contribution < -0.4 is 0 Å². The van der Waals surface area contributed by atoms with Crippen LogP contribution in [0.15, 0.2) is 42.9 Å². The van der Waals surface area contributed by atoms with Gasteiger partial charge >= 0.3 is 12.1 Å². The Morgan fingerprint density at radius 3 is 2.56 bits per heavy atom. The number of carbonyl (C=O) groups is 2. The molecular formula is C17H19FN2O5. The third kappa shape index (κ3) is 5.30. The molecule has 1 unspecified atom stereocenters. The van der Waals surface area contributed by atoms with Crippen molar-refractivity contribution in [2.75, 3.05) is 13.4 Å². The van der Waals surface area contributed by atoms with Gasteiger partial charge in [-0.15, -0.1) is 0 Å². The van der Waals surface area contributed by atoms with Crippen LogP contribution in [0.2, 0.25) is 0 Å². The molecule has 0 bridgehead atoms. The number of benzene rings is 1. The summed E-state index contributed by atoms with van der Waals surface area (Å²) >= 11 is 0. The van der Waals surface area contributed by atoms with E-state index in [1.807, 2.05) is 37.3 Å². The molecule has 0 aliphatic heterocycles. The number of nitrogens with zero attached hydrogens (tertiary/aromatic N) is 2. The number of esters is 1. The molecule has 2 aromatic rings. The lowest BCUT2D eigenvalue weighted by atomic mass is 10.1. The first kappa shape index (κ1) is 18.4. The molecule has 1 aromatic heterocycles. The molecule has 1 aromatic carbocycles. The second kappa shape index (κ2) is 8.81. The van der Waals surface area contributed by atoms with Gasteiger partial charge in [0.1, 0.15) is 18.5 Å². The van der Waals surface area contributed by atoms with Crippen molar-refractivity contribution in [3.05, 3.63) is 54.1 Å². The Hall–Kier alpha value is -2.90. The Kier molecular flexibility index (Phi) is 6.50. The highest BCUT2D eigenvalue weighted by molar-refractivity contribution is 5.87. The van der Waals surface area contributed by atoms with Gasteiger partial charge in [-0.05, 0) is 19.4 Å². The lowest BCUT2D eigenvalue weighted by Crippen LogP contribution is -2.19. The highest BCUT2D eigenvalue weighted by atomic mass is 19.1. The maximum Gasteiger partial charge on any atom is 0.511 e. The molecule has 0 amide bonds. The van der Waals surface area contributed by atoms with E-state index in [4.69, 9.17) is 4.74 Å². The molecule has 0 radical (unpaired) electrons. The number of hydrogen-bond acceptors (Lipinski definition) is 6. The quantitative estimate of drug-likeness (QED) is 0.564. The number of aromatic nitrogens is 2. The number of imidazole rings is 1. The molecule has 2 rings (SSSR count). The van der Waals surface area contributed by atoms with Gasteiger partial charge in [0.25, 0.3) is 0 Å². The van der Waals surface area contributed by atoms with Crippen molar-refractivity contribution < 1.29 is 28.2 Å². The van der Waals surface area contributed by atoms with Gasteiger partial charge in [-0.25, -0.2) is 19.0 Å². The highest BCUT2D eigenvalue weighted by Gasteiger charge is 2.19. The van der Waals surface area contributed by atoms with Crippen LogP contribution in [0.1, 0.15) is 35.9 Å². The molecule has 0 spiro atoms. The van der Waals surface area contributed by atoms with E-state index in [0.717, 1.165) is 5.56 Å². The van der Waals surface area contributed by atoms with Gasteiger partial charge in [0.05, 0.1) is 18.6 Å². The highest BCUT2D eigenvalue weighted by Crippen LogP contribution is 2.19. The zero-order chi connectivity index (χ0) is 18.2. The van der Waals surface area contributed by atoms with Crippen molar-refractivity contribution in [2.45, 2.75) is 26.1 Å². The van der Waals surface area contributed by atoms with Crippen LogP contribution in [0.5, 0.6) is 0 Å². The van der Waals surface area contributed by atoms with Gasteiger partial charge in [0.15, 0.2) is 0 Å². The minimum Gasteiger partial charge on any atom is -0.431 e. The number of halogens is 1. The van der Waals surface area contributed by atoms with Crippen LogP contribution in [0.25, 0.3) is 0 Å². The second-order valence-corrected chi connectivity index (χ2v) is 5.31. The second-order valence-electron chi connectivity index (χ2n) is 5.31. The summed E-state index contributed by atoms with van der Waals surface area (Å²) in [5.41, 5.74) is 1.21. The fourth-order valence-electron chi connectivity index (χ4n) is 2.09. The first-order valence-electron chi connectivity index (χ1n) is 7.66. The Balaban J connectivity index is 1.91. The molecule has 25 heavy (non-hydrogen) atoms. The topological polar surface area (TPSA) is 79.7 Å². The van der Waals surface area contributed by atoms with Gasteiger partial charge in [0, 0.05) is 0 Å². The predicted octanol–water partition coefficient (Wildman–Crippen LogP) is 3.12. The summed E-state index contributed by atoms with van der Waals surface area (Å²) < 4.78 is 28.1. The summed E-state index contributed by atoms with van der Waals surface area (Å²) in [6.07, 6.45) is 0.476. The maximum absolute atomic E-state index is 12.5. The van der Waals surface area contributed by atoms with Gasteiger partial charge in [-0.1, -0.05) is 30.3 Å². The van der Waals surface area contributed by atoms with E-state index >= 15 is 0 Å². The molecule has 0 aliphatic carbocycles. The van der Waals surface area contributed by atoms with Crippen LogP contribution in [-0.4, -0.2) is 41.2 Å². The number of carbonyl (C=O) groups excluding carboxylic acids is 2. The summed E-state index contributed by atoms with van der Waals surface area (Å²) in [6, 6.07) is 9.44. The molecule has 2 atom stereocenters. The lowest BCUT2D eigenvalue weighted by molar-refractivity contribution is -0.0318.